The van der Waals surface area contributed by atoms with Crippen molar-refractivity contribution in [3.63, 3.8) is 0 Å². The molecule has 0 spiro atoms. The zero-order valence-electron chi connectivity index (χ0n) is 13.9. The molecule has 26 heavy (non-hydrogen) atoms. The molecule has 1 fully saturated rings. The van der Waals surface area contributed by atoms with Gasteiger partial charge in [0.2, 0.25) is 0 Å². The molecule has 134 valence electrons. The molecule has 0 radical (unpaired) electrons. The molecule has 4 rings (SSSR count). The third kappa shape index (κ3) is 3.19. The van der Waals surface area contributed by atoms with Crippen LogP contribution in [0.4, 0.5) is 18.9 Å². The molecule has 1 aromatic heterocycles. The second-order valence-electron chi connectivity index (χ2n) is 6.62. The summed E-state index contributed by atoms with van der Waals surface area (Å²) >= 11 is 0. The van der Waals surface area contributed by atoms with Crippen LogP contribution >= 0.6 is 0 Å². The van der Waals surface area contributed by atoms with Gasteiger partial charge in [0.05, 0.1) is 11.1 Å². The van der Waals surface area contributed by atoms with Gasteiger partial charge >= 0.3 is 6.18 Å². The number of anilines is 1. The topological polar surface area (TPSA) is 34.0 Å². The van der Waals surface area contributed by atoms with Crippen LogP contribution in [0.1, 0.15) is 18.4 Å². The first kappa shape index (κ1) is 16.7. The molecule has 3 nitrogen and oxygen atoms in total. The van der Waals surface area contributed by atoms with Crippen LogP contribution in [0.3, 0.4) is 0 Å². The van der Waals surface area contributed by atoms with Gasteiger partial charge in [0.25, 0.3) is 5.56 Å². The number of halogens is 3. The van der Waals surface area contributed by atoms with E-state index in [9.17, 15) is 18.0 Å². The van der Waals surface area contributed by atoms with Crippen LogP contribution in [-0.2, 0) is 6.18 Å². The zero-order chi connectivity index (χ0) is 18.3. The molecule has 1 saturated carbocycles. The van der Waals surface area contributed by atoms with Crippen LogP contribution in [0.25, 0.3) is 16.6 Å². The number of aromatic nitrogens is 1. The maximum Gasteiger partial charge on any atom is 0.416 e. The highest BCUT2D eigenvalue weighted by atomic mass is 19.4. The number of alkyl halides is 3. The van der Waals surface area contributed by atoms with Gasteiger partial charge in [-0.25, -0.2) is 0 Å². The van der Waals surface area contributed by atoms with Crippen molar-refractivity contribution in [2.75, 3.05) is 11.9 Å². The second kappa shape index (κ2) is 6.20. The van der Waals surface area contributed by atoms with E-state index in [0.29, 0.717) is 22.7 Å². The molecular formula is C20H17F3N2O. The molecule has 6 heteroatoms. The maximum atomic E-state index is 13.2. The number of para-hydroxylation sites is 1. The third-order valence-electron chi connectivity index (χ3n) is 4.64. The van der Waals surface area contributed by atoms with Crippen molar-refractivity contribution in [1.29, 1.82) is 0 Å². The Balaban J connectivity index is 1.95. The van der Waals surface area contributed by atoms with Gasteiger partial charge in [0, 0.05) is 29.4 Å². The summed E-state index contributed by atoms with van der Waals surface area (Å²) in [6.07, 6.45) is -2.18. The van der Waals surface area contributed by atoms with Crippen LogP contribution in [0, 0.1) is 5.92 Å². The molecule has 3 aromatic rings. The van der Waals surface area contributed by atoms with Crippen molar-refractivity contribution in [2.24, 2.45) is 5.92 Å². The monoisotopic (exact) mass is 358 g/mol. The standard InChI is InChI=1S/C20H17F3N2O/c21-20(22,23)14-8-9-16-17(24-12-13-6-7-13)11-19(26)25(18(16)10-14)15-4-2-1-3-5-15/h1-5,8-11,13,24H,6-7,12H2. The Morgan fingerprint density at radius 2 is 1.77 bits per heavy atom. The Kier molecular flexibility index (Phi) is 3.98. The van der Waals surface area contributed by atoms with E-state index in [1.54, 1.807) is 30.3 Å². The lowest BCUT2D eigenvalue weighted by Crippen LogP contribution is -2.20. The van der Waals surface area contributed by atoms with E-state index in [-0.39, 0.29) is 11.1 Å². The molecule has 1 aliphatic carbocycles. The first-order valence-electron chi connectivity index (χ1n) is 8.50. The third-order valence-corrected chi connectivity index (χ3v) is 4.64. The summed E-state index contributed by atoms with van der Waals surface area (Å²) in [5.74, 6) is 0.580. The number of fused-ring (bicyclic) bond motifs is 1. The van der Waals surface area contributed by atoms with E-state index in [2.05, 4.69) is 5.32 Å². The fourth-order valence-corrected chi connectivity index (χ4v) is 3.07. The van der Waals surface area contributed by atoms with Crippen molar-refractivity contribution >= 4 is 16.6 Å². The summed E-state index contributed by atoms with van der Waals surface area (Å²) in [7, 11) is 0. The van der Waals surface area contributed by atoms with Crippen LogP contribution in [0.5, 0.6) is 0 Å². The van der Waals surface area contributed by atoms with Crippen molar-refractivity contribution < 1.29 is 13.2 Å². The summed E-state index contributed by atoms with van der Waals surface area (Å²) in [4.78, 5) is 12.7. The van der Waals surface area contributed by atoms with E-state index in [4.69, 9.17) is 0 Å². The number of hydrogen-bond acceptors (Lipinski definition) is 2. The highest BCUT2D eigenvalue weighted by molar-refractivity contribution is 5.93. The largest absolute Gasteiger partial charge is 0.416 e. The second-order valence-corrected chi connectivity index (χ2v) is 6.62. The lowest BCUT2D eigenvalue weighted by atomic mass is 10.1. The van der Waals surface area contributed by atoms with Gasteiger partial charge in [0.15, 0.2) is 0 Å². The van der Waals surface area contributed by atoms with Crippen molar-refractivity contribution in [2.45, 2.75) is 19.0 Å². The predicted octanol–water partition coefficient (Wildman–Crippen LogP) is 4.83. The Labute approximate surface area is 148 Å². The molecule has 0 aliphatic heterocycles. The van der Waals surface area contributed by atoms with Gasteiger partial charge in [0.1, 0.15) is 0 Å². The zero-order valence-corrected chi connectivity index (χ0v) is 13.9. The molecule has 1 N–H and O–H groups in total. The summed E-state index contributed by atoms with van der Waals surface area (Å²) in [6, 6.07) is 13.7. The number of nitrogens with one attached hydrogen (secondary N) is 1. The van der Waals surface area contributed by atoms with E-state index >= 15 is 0 Å². The van der Waals surface area contributed by atoms with Crippen LogP contribution in [-0.4, -0.2) is 11.1 Å². The SMILES string of the molecule is O=c1cc(NCC2CC2)c2ccc(C(F)(F)F)cc2n1-c1ccccc1. The van der Waals surface area contributed by atoms with E-state index in [0.717, 1.165) is 31.5 Å². The first-order chi connectivity index (χ1) is 12.4. The Morgan fingerprint density at radius 1 is 1.04 bits per heavy atom. The van der Waals surface area contributed by atoms with Crippen LogP contribution in [0.2, 0.25) is 0 Å². The minimum atomic E-state index is -4.47. The highest BCUT2D eigenvalue weighted by Gasteiger charge is 2.31. The first-order valence-corrected chi connectivity index (χ1v) is 8.50. The van der Waals surface area contributed by atoms with Gasteiger partial charge < -0.3 is 5.32 Å². The van der Waals surface area contributed by atoms with Crippen LogP contribution < -0.4 is 10.9 Å². The quantitative estimate of drug-likeness (QED) is 0.725. The minimum absolute atomic E-state index is 0.247. The smallest absolute Gasteiger partial charge is 0.384 e. The molecule has 0 unspecified atom stereocenters. The van der Waals surface area contributed by atoms with Crippen LogP contribution in [0.15, 0.2) is 59.4 Å². The fourth-order valence-electron chi connectivity index (χ4n) is 3.07. The molecule has 1 heterocycles. The summed E-state index contributed by atoms with van der Waals surface area (Å²) in [5.41, 5.74) is 0.236. The van der Waals surface area contributed by atoms with Gasteiger partial charge in [-0.2, -0.15) is 13.2 Å². The Hall–Kier alpha value is -2.76. The Morgan fingerprint density at radius 3 is 2.42 bits per heavy atom. The number of benzene rings is 2. The average Bonchev–Trinajstić information content (AvgIpc) is 3.43. The van der Waals surface area contributed by atoms with E-state index < -0.39 is 11.7 Å². The molecule has 2 aromatic carbocycles. The van der Waals surface area contributed by atoms with Gasteiger partial charge in [-0.05, 0) is 43.0 Å². The predicted molar refractivity (Wildman–Crippen MR) is 95.8 cm³/mol. The summed E-state index contributed by atoms with van der Waals surface area (Å²) in [5, 5.41) is 3.83. The summed E-state index contributed by atoms with van der Waals surface area (Å²) < 4.78 is 41.0. The normalized spacial score (nSPS) is 14.6. The number of rotatable bonds is 4. The average molecular weight is 358 g/mol. The molecular weight excluding hydrogens is 341 g/mol. The number of pyridine rings is 1. The van der Waals surface area contributed by atoms with Crippen molar-refractivity contribution in [3.05, 3.63) is 70.5 Å². The Bertz CT molecular complexity index is 1010. The fraction of sp³-hybridized carbons (Fsp3) is 0.250. The van der Waals surface area contributed by atoms with E-state index in [1.807, 2.05) is 0 Å². The lowest BCUT2D eigenvalue weighted by Gasteiger charge is -2.16. The van der Waals surface area contributed by atoms with Crippen molar-refractivity contribution in [1.82, 2.24) is 4.57 Å². The number of nitrogens with zero attached hydrogens (tertiary/aromatic N) is 1. The number of hydrogen-bond donors (Lipinski definition) is 1. The maximum absolute atomic E-state index is 13.2. The molecule has 0 saturated heterocycles. The van der Waals surface area contributed by atoms with E-state index in [1.165, 1.54) is 16.7 Å². The van der Waals surface area contributed by atoms with Gasteiger partial charge in [-0.3, -0.25) is 9.36 Å². The highest BCUT2D eigenvalue weighted by Crippen LogP contribution is 2.34. The summed E-state index contributed by atoms with van der Waals surface area (Å²) in [6.45, 7) is 0.727. The molecule has 1 aliphatic rings. The molecule has 0 bridgehead atoms. The minimum Gasteiger partial charge on any atom is -0.384 e. The molecule has 0 atom stereocenters. The van der Waals surface area contributed by atoms with Gasteiger partial charge in [-0.1, -0.05) is 24.3 Å². The van der Waals surface area contributed by atoms with Crippen molar-refractivity contribution in [3.8, 4) is 5.69 Å². The van der Waals surface area contributed by atoms with Gasteiger partial charge in [-0.15, -0.1) is 0 Å². The lowest BCUT2D eigenvalue weighted by molar-refractivity contribution is -0.137. The molecule has 0 amide bonds.